The molecule has 4 rings (SSSR count). The number of hydrogen-bond donors (Lipinski definition) is 2. The van der Waals surface area contributed by atoms with Crippen molar-refractivity contribution in [3.8, 4) is 0 Å². The van der Waals surface area contributed by atoms with Crippen LogP contribution >= 0.6 is 0 Å². The molecule has 1 atom stereocenters. The van der Waals surface area contributed by atoms with E-state index in [0.29, 0.717) is 11.4 Å². The second-order valence-corrected chi connectivity index (χ2v) is 7.01. The van der Waals surface area contributed by atoms with Gasteiger partial charge in [-0.2, -0.15) is 13.2 Å². The summed E-state index contributed by atoms with van der Waals surface area (Å²) in [5.74, 6) is -2.00. The van der Waals surface area contributed by atoms with Gasteiger partial charge >= 0.3 is 6.18 Å². The number of rotatable bonds is 4. The first-order valence-electron chi connectivity index (χ1n) is 9.48. The highest BCUT2D eigenvalue weighted by atomic mass is 19.4. The molecule has 2 N–H and O–H groups in total. The van der Waals surface area contributed by atoms with E-state index in [1.807, 2.05) is 0 Å². The minimum Gasteiger partial charge on any atom is -0.459 e. The fourth-order valence-electron chi connectivity index (χ4n) is 3.41. The van der Waals surface area contributed by atoms with Gasteiger partial charge in [0.05, 0.1) is 29.6 Å². The van der Waals surface area contributed by atoms with Crippen LogP contribution in [0.1, 0.15) is 22.5 Å². The SMILES string of the molecule is O=C(C[C@H]1C(=O)Nc2ccccc2N1C(=O)c1ccco1)Nc1cccc(C(F)(F)F)c1. The van der Waals surface area contributed by atoms with Crippen molar-refractivity contribution in [2.45, 2.75) is 18.6 Å². The first-order valence-corrected chi connectivity index (χ1v) is 9.48. The number of fused-ring (bicyclic) bond motifs is 1. The molecule has 0 radical (unpaired) electrons. The molecule has 2 heterocycles. The number of halogens is 3. The van der Waals surface area contributed by atoms with Gasteiger partial charge in [-0.15, -0.1) is 0 Å². The summed E-state index contributed by atoms with van der Waals surface area (Å²) in [6.45, 7) is 0. The zero-order chi connectivity index (χ0) is 22.9. The molecule has 164 valence electrons. The molecule has 1 aliphatic heterocycles. The second-order valence-electron chi connectivity index (χ2n) is 7.01. The molecule has 1 aliphatic rings. The maximum atomic E-state index is 13.1. The van der Waals surface area contributed by atoms with Crippen LogP contribution in [0.3, 0.4) is 0 Å². The van der Waals surface area contributed by atoms with Crippen LogP contribution in [-0.2, 0) is 15.8 Å². The Labute approximate surface area is 179 Å². The Bertz CT molecular complexity index is 1180. The number of furan rings is 1. The fourth-order valence-corrected chi connectivity index (χ4v) is 3.41. The van der Waals surface area contributed by atoms with Gasteiger partial charge in [-0.05, 0) is 42.5 Å². The van der Waals surface area contributed by atoms with Crippen LogP contribution in [-0.4, -0.2) is 23.8 Å². The van der Waals surface area contributed by atoms with Gasteiger partial charge in [0.2, 0.25) is 11.8 Å². The maximum Gasteiger partial charge on any atom is 0.416 e. The highest BCUT2D eigenvalue weighted by molar-refractivity contribution is 6.17. The molecule has 0 saturated carbocycles. The van der Waals surface area contributed by atoms with E-state index in [-0.39, 0.29) is 11.4 Å². The highest BCUT2D eigenvalue weighted by Gasteiger charge is 2.39. The third-order valence-corrected chi connectivity index (χ3v) is 4.84. The van der Waals surface area contributed by atoms with Gasteiger partial charge in [-0.25, -0.2) is 0 Å². The Morgan fingerprint density at radius 3 is 2.56 bits per heavy atom. The summed E-state index contributed by atoms with van der Waals surface area (Å²) < 4.78 is 43.9. The Morgan fingerprint density at radius 2 is 1.84 bits per heavy atom. The van der Waals surface area contributed by atoms with Crippen LogP contribution < -0.4 is 15.5 Å². The van der Waals surface area contributed by atoms with Crippen molar-refractivity contribution >= 4 is 34.8 Å². The average molecular weight is 443 g/mol. The molecule has 2 aromatic carbocycles. The number of carbonyl (C=O) groups is 3. The van der Waals surface area contributed by atoms with E-state index in [2.05, 4.69) is 10.6 Å². The fraction of sp³-hybridized carbons (Fsp3) is 0.136. The third kappa shape index (κ3) is 4.20. The van der Waals surface area contributed by atoms with Crippen molar-refractivity contribution in [2.75, 3.05) is 15.5 Å². The van der Waals surface area contributed by atoms with Gasteiger partial charge in [0.15, 0.2) is 5.76 Å². The van der Waals surface area contributed by atoms with E-state index in [0.717, 1.165) is 23.1 Å². The molecule has 0 saturated heterocycles. The molecule has 0 spiro atoms. The molecule has 32 heavy (non-hydrogen) atoms. The molecular formula is C22H16F3N3O4. The number of para-hydroxylation sites is 2. The lowest BCUT2D eigenvalue weighted by molar-refractivity contribution is -0.137. The van der Waals surface area contributed by atoms with E-state index < -0.39 is 41.9 Å². The number of carbonyl (C=O) groups excluding carboxylic acids is 3. The normalized spacial score (nSPS) is 15.7. The summed E-state index contributed by atoms with van der Waals surface area (Å²) in [6, 6.07) is 12.4. The number of amides is 3. The van der Waals surface area contributed by atoms with E-state index in [9.17, 15) is 27.6 Å². The molecule has 0 fully saturated rings. The number of nitrogens with zero attached hydrogens (tertiary/aromatic N) is 1. The summed E-state index contributed by atoms with van der Waals surface area (Å²) in [5, 5.41) is 5.01. The standard InChI is InChI=1S/C22H16F3N3O4/c23-22(24,25)13-5-3-6-14(11-13)26-19(29)12-17-20(30)27-15-7-1-2-8-16(15)28(17)21(31)18-9-4-10-32-18/h1-11,17H,12H2,(H,26,29)(H,27,30)/t17-/m0/s1. The second kappa shape index (κ2) is 8.22. The zero-order valence-electron chi connectivity index (χ0n) is 16.3. The van der Waals surface area contributed by atoms with Gasteiger partial charge < -0.3 is 15.1 Å². The van der Waals surface area contributed by atoms with Crippen molar-refractivity contribution in [2.24, 2.45) is 0 Å². The molecule has 3 aromatic rings. The predicted molar refractivity (Wildman–Crippen MR) is 109 cm³/mol. The molecule has 3 amide bonds. The lowest BCUT2D eigenvalue weighted by Gasteiger charge is -2.35. The summed E-state index contributed by atoms with van der Waals surface area (Å²) in [7, 11) is 0. The number of hydrogen-bond acceptors (Lipinski definition) is 4. The minimum atomic E-state index is -4.57. The smallest absolute Gasteiger partial charge is 0.416 e. The minimum absolute atomic E-state index is 0.0298. The molecule has 0 unspecified atom stereocenters. The Hall–Kier alpha value is -4.08. The molecular weight excluding hydrogens is 427 g/mol. The van der Waals surface area contributed by atoms with Crippen LogP contribution in [0.15, 0.2) is 71.3 Å². The Morgan fingerprint density at radius 1 is 1.06 bits per heavy atom. The summed E-state index contributed by atoms with van der Waals surface area (Å²) in [5.41, 5.74) is -0.253. The van der Waals surface area contributed by atoms with E-state index in [1.54, 1.807) is 24.3 Å². The largest absolute Gasteiger partial charge is 0.459 e. The van der Waals surface area contributed by atoms with Crippen LogP contribution in [0.4, 0.5) is 30.2 Å². The van der Waals surface area contributed by atoms with E-state index in [4.69, 9.17) is 4.42 Å². The maximum absolute atomic E-state index is 13.1. The van der Waals surface area contributed by atoms with Gasteiger partial charge in [0, 0.05) is 5.69 Å². The number of alkyl halides is 3. The van der Waals surface area contributed by atoms with Crippen LogP contribution in [0.2, 0.25) is 0 Å². The number of benzene rings is 2. The summed E-state index contributed by atoms with van der Waals surface area (Å²) in [4.78, 5) is 39.6. The van der Waals surface area contributed by atoms with Gasteiger partial charge in [-0.3, -0.25) is 19.3 Å². The third-order valence-electron chi connectivity index (χ3n) is 4.84. The summed E-state index contributed by atoms with van der Waals surface area (Å²) >= 11 is 0. The van der Waals surface area contributed by atoms with Crippen LogP contribution in [0.5, 0.6) is 0 Å². The van der Waals surface area contributed by atoms with Crippen molar-refractivity contribution < 1.29 is 32.0 Å². The van der Waals surface area contributed by atoms with E-state index in [1.165, 1.54) is 24.5 Å². The van der Waals surface area contributed by atoms with Gasteiger partial charge in [0.25, 0.3) is 5.91 Å². The lowest BCUT2D eigenvalue weighted by Crippen LogP contribution is -2.52. The average Bonchev–Trinajstić information content (AvgIpc) is 3.28. The van der Waals surface area contributed by atoms with Crippen molar-refractivity contribution in [3.63, 3.8) is 0 Å². The van der Waals surface area contributed by atoms with Crippen LogP contribution in [0, 0.1) is 0 Å². The monoisotopic (exact) mass is 443 g/mol. The first kappa shape index (κ1) is 21.2. The Balaban J connectivity index is 1.60. The lowest BCUT2D eigenvalue weighted by atomic mass is 10.0. The van der Waals surface area contributed by atoms with Gasteiger partial charge in [0.1, 0.15) is 6.04 Å². The zero-order valence-corrected chi connectivity index (χ0v) is 16.3. The molecule has 1 aromatic heterocycles. The van der Waals surface area contributed by atoms with Crippen molar-refractivity contribution in [1.82, 2.24) is 0 Å². The van der Waals surface area contributed by atoms with Crippen molar-refractivity contribution in [3.05, 3.63) is 78.3 Å². The Kier molecular flexibility index (Phi) is 5.43. The number of nitrogens with one attached hydrogen (secondary N) is 2. The number of anilines is 3. The van der Waals surface area contributed by atoms with Crippen molar-refractivity contribution in [1.29, 1.82) is 0 Å². The topological polar surface area (TPSA) is 91.7 Å². The first-order chi connectivity index (χ1) is 15.2. The molecule has 0 aliphatic carbocycles. The highest BCUT2D eigenvalue weighted by Crippen LogP contribution is 2.34. The molecule has 0 bridgehead atoms. The van der Waals surface area contributed by atoms with E-state index >= 15 is 0 Å². The van der Waals surface area contributed by atoms with Crippen LogP contribution in [0.25, 0.3) is 0 Å². The summed E-state index contributed by atoms with van der Waals surface area (Å²) in [6.07, 6.45) is -3.75. The van der Waals surface area contributed by atoms with Gasteiger partial charge in [-0.1, -0.05) is 18.2 Å². The molecule has 10 heteroatoms. The molecule has 7 nitrogen and oxygen atoms in total. The quantitative estimate of drug-likeness (QED) is 0.629. The predicted octanol–water partition coefficient (Wildman–Crippen LogP) is 4.29.